The van der Waals surface area contributed by atoms with E-state index in [-0.39, 0.29) is 5.84 Å². The zero-order chi connectivity index (χ0) is 15.3. The standard InChI is InChI=1S/C14H24ClN5/c1-10(2)9-20(8-7-19(3)4)14-12(15)11(13(16)17)5-6-18-14/h5-6,10H,7-9H2,1-4H3,(H3,16,17). The summed E-state index contributed by atoms with van der Waals surface area (Å²) in [7, 11) is 4.07. The van der Waals surface area contributed by atoms with Crippen molar-refractivity contribution < 1.29 is 0 Å². The Hall–Kier alpha value is -1.33. The van der Waals surface area contributed by atoms with Gasteiger partial charge < -0.3 is 15.5 Å². The molecule has 0 bridgehead atoms. The molecule has 0 aliphatic heterocycles. The summed E-state index contributed by atoms with van der Waals surface area (Å²) < 4.78 is 0. The van der Waals surface area contributed by atoms with E-state index in [0.717, 1.165) is 19.6 Å². The van der Waals surface area contributed by atoms with Crippen LogP contribution in [0.2, 0.25) is 5.02 Å². The Bertz CT molecular complexity index is 459. The molecule has 0 saturated heterocycles. The topological polar surface area (TPSA) is 69.2 Å². The molecule has 0 radical (unpaired) electrons. The van der Waals surface area contributed by atoms with E-state index in [1.165, 1.54) is 0 Å². The average molecular weight is 298 g/mol. The number of aromatic nitrogens is 1. The zero-order valence-electron chi connectivity index (χ0n) is 12.7. The van der Waals surface area contributed by atoms with Crippen molar-refractivity contribution in [3.05, 3.63) is 22.8 Å². The number of anilines is 1. The second-order valence-corrected chi connectivity index (χ2v) is 5.93. The van der Waals surface area contributed by atoms with E-state index in [0.29, 0.717) is 22.3 Å². The maximum absolute atomic E-state index is 7.56. The first kappa shape index (κ1) is 16.7. The molecule has 0 amide bonds. The lowest BCUT2D eigenvalue weighted by molar-refractivity contribution is 0.408. The quantitative estimate of drug-likeness (QED) is 0.597. The molecule has 1 rings (SSSR count). The highest BCUT2D eigenvalue weighted by atomic mass is 35.5. The van der Waals surface area contributed by atoms with Gasteiger partial charge in [0.05, 0.1) is 5.02 Å². The molecule has 0 spiro atoms. The Balaban J connectivity index is 3.06. The number of hydrogen-bond acceptors (Lipinski definition) is 4. The number of halogens is 1. The van der Waals surface area contributed by atoms with Gasteiger partial charge in [-0.25, -0.2) is 4.98 Å². The summed E-state index contributed by atoms with van der Waals surface area (Å²) in [5.74, 6) is 1.17. The number of nitrogens with one attached hydrogen (secondary N) is 1. The van der Waals surface area contributed by atoms with Crippen LogP contribution < -0.4 is 10.6 Å². The van der Waals surface area contributed by atoms with E-state index in [2.05, 4.69) is 28.6 Å². The molecular weight excluding hydrogens is 274 g/mol. The predicted octanol–water partition coefficient (Wildman–Crippen LogP) is 2.04. The van der Waals surface area contributed by atoms with E-state index >= 15 is 0 Å². The van der Waals surface area contributed by atoms with Crippen LogP contribution in [0.5, 0.6) is 0 Å². The van der Waals surface area contributed by atoms with Crippen molar-refractivity contribution in [3.63, 3.8) is 0 Å². The van der Waals surface area contributed by atoms with Gasteiger partial charge >= 0.3 is 0 Å². The minimum Gasteiger partial charge on any atom is -0.384 e. The van der Waals surface area contributed by atoms with Gasteiger partial charge in [-0.3, -0.25) is 5.41 Å². The number of hydrogen-bond donors (Lipinski definition) is 2. The minimum absolute atomic E-state index is 0.0317. The number of pyridine rings is 1. The highest BCUT2D eigenvalue weighted by Crippen LogP contribution is 2.27. The summed E-state index contributed by atoms with van der Waals surface area (Å²) in [5.41, 5.74) is 6.09. The van der Waals surface area contributed by atoms with E-state index in [9.17, 15) is 0 Å². The smallest absolute Gasteiger partial charge is 0.148 e. The maximum Gasteiger partial charge on any atom is 0.148 e. The van der Waals surface area contributed by atoms with Crippen molar-refractivity contribution in [2.75, 3.05) is 38.6 Å². The van der Waals surface area contributed by atoms with Crippen LogP contribution in [-0.4, -0.2) is 49.4 Å². The van der Waals surface area contributed by atoms with Gasteiger partial charge in [0, 0.05) is 31.4 Å². The second kappa shape index (κ2) is 7.45. The molecule has 0 aliphatic rings. The number of likely N-dealkylation sites (N-methyl/N-ethyl adjacent to an activating group) is 1. The Morgan fingerprint density at radius 2 is 2.05 bits per heavy atom. The molecule has 0 fully saturated rings. The summed E-state index contributed by atoms with van der Waals surface area (Å²) in [6.45, 7) is 6.92. The Kier molecular flexibility index (Phi) is 6.23. The van der Waals surface area contributed by atoms with Gasteiger partial charge in [-0.2, -0.15) is 0 Å². The molecule has 6 heteroatoms. The number of rotatable bonds is 7. The van der Waals surface area contributed by atoms with Gasteiger partial charge in [0.2, 0.25) is 0 Å². The molecule has 0 unspecified atom stereocenters. The third kappa shape index (κ3) is 4.65. The lowest BCUT2D eigenvalue weighted by Crippen LogP contribution is -2.35. The van der Waals surface area contributed by atoms with Crippen molar-refractivity contribution in [3.8, 4) is 0 Å². The SMILES string of the molecule is CC(C)CN(CCN(C)C)c1nccc(C(=N)N)c1Cl. The fourth-order valence-electron chi connectivity index (χ4n) is 1.91. The summed E-state index contributed by atoms with van der Waals surface area (Å²) in [5, 5.41) is 8.02. The van der Waals surface area contributed by atoms with Gasteiger partial charge in [-0.05, 0) is 26.1 Å². The third-order valence-electron chi connectivity index (χ3n) is 2.86. The lowest BCUT2D eigenvalue weighted by atomic mass is 10.2. The van der Waals surface area contributed by atoms with Crippen LogP contribution >= 0.6 is 11.6 Å². The molecule has 0 aromatic carbocycles. The Morgan fingerprint density at radius 1 is 1.40 bits per heavy atom. The fraction of sp³-hybridized carbons (Fsp3) is 0.571. The van der Waals surface area contributed by atoms with Crippen molar-refractivity contribution in [2.45, 2.75) is 13.8 Å². The molecule has 0 saturated carbocycles. The van der Waals surface area contributed by atoms with Crippen LogP contribution in [0.25, 0.3) is 0 Å². The van der Waals surface area contributed by atoms with Gasteiger partial charge in [0.1, 0.15) is 11.7 Å². The first-order chi connectivity index (χ1) is 9.32. The monoisotopic (exact) mass is 297 g/mol. The highest BCUT2D eigenvalue weighted by molar-refractivity contribution is 6.36. The predicted molar refractivity (Wildman–Crippen MR) is 85.9 cm³/mol. The molecule has 0 atom stereocenters. The van der Waals surface area contributed by atoms with E-state index < -0.39 is 0 Å². The lowest BCUT2D eigenvalue weighted by Gasteiger charge is -2.28. The largest absolute Gasteiger partial charge is 0.384 e. The maximum atomic E-state index is 7.56. The molecule has 5 nitrogen and oxygen atoms in total. The molecule has 0 aliphatic carbocycles. The molecule has 1 aromatic heterocycles. The van der Waals surface area contributed by atoms with E-state index in [4.69, 9.17) is 22.7 Å². The minimum atomic E-state index is -0.0317. The van der Waals surface area contributed by atoms with Crippen molar-refractivity contribution >= 4 is 23.3 Å². The van der Waals surface area contributed by atoms with Gasteiger partial charge in [0.15, 0.2) is 0 Å². The fourth-order valence-corrected chi connectivity index (χ4v) is 2.24. The van der Waals surface area contributed by atoms with Crippen LogP contribution in [0.15, 0.2) is 12.3 Å². The van der Waals surface area contributed by atoms with Crippen molar-refractivity contribution in [1.29, 1.82) is 5.41 Å². The number of amidine groups is 1. The molecule has 112 valence electrons. The van der Waals surface area contributed by atoms with E-state index in [1.54, 1.807) is 12.3 Å². The van der Waals surface area contributed by atoms with Gasteiger partial charge in [-0.15, -0.1) is 0 Å². The Labute approximate surface area is 126 Å². The zero-order valence-corrected chi connectivity index (χ0v) is 13.4. The average Bonchev–Trinajstić information content (AvgIpc) is 2.34. The first-order valence-corrected chi connectivity index (χ1v) is 7.09. The van der Waals surface area contributed by atoms with Crippen molar-refractivity contribution in [1.82, 2.24) is 9.88 Å². The van der Waals surface area contributed by atoms with Crippen LogP contribution in [0.3, 0.4) is 0 Å². The summed E-state index contributed by atoms with van der Waals surface area (Å²) >= 11 is 6.36. The molecule has 3 N–H and O–H groups in total. The molecule has 1 aromatic rings. The summed E-state index contributed by atoms with van der Waals surface area (Å²) in [6, 6.07) is 1.67. The van der Waals surface area contributed by atoms with E-state index in [1.807, 2.05) is 14.1 Å². The van der Waals surface area contributed by atoms with Crippen LogP contribution in [0, 0.1) is 11.3 Å². The van der Waals surface area contributed by atoms with Crippen molar-refractivity contribution in [2.24, 2.45) is 11.7 Å². The first-order valence-electron chi connectivity index (χ1n) is 6.71. The second-order valence-electron chi connectivity index (χ2n) is 5.55. The third-order valence-corrected chi connectivity index (χ3v) is 3.24. The molecular formula is C14H24ClN5. The van der Waals surface area contributed by atoms with Gasteiger partial charge in [0.25, 0.3) is 0 Å². The Morgan fingerprint density at radius 3 is 2.55 bits per heavy atom. The number of nitrogen functional groups attached to an aromatic ring is 1. The molecule has 20 heavy (non-hydrogen) atoms. The number of nitrogens with zero attached hydrogens (tertiary/aromatic N) is 3. The van der Waals surface area contributed by atoms with Gasteiger partial charge in [-0.1, -0.05) is 25.4 Å². The highest BCUT2D eigenvalue weighted by Gasteiger charge is 2.17. The summed E-state index contributed by atoms with van der Waals surface area (Å²) in [6.07, 6.45) is 1.65. The number of nitrogens with two attached hydrogens (primary N) is 1. The van der Waals surface area contributed by atoms with Crippen LogP contribution in [0.4, 0.5) is 5.82 Å². The normalized spacial score (nSPS) is 11.2. The van der Waals surface area contributed by atoms with Crippen LogP contribution in [-0.2, 0) is 0 Å². The van der Waals surface area contributed by atoms with Crippen LogP contribution in [0.1, 0.15) is 19.4 Å². The summed E-state index contributed by atoms with van der Waals surface area (Å²) in [4.78, 5) is 8.65. The molecule has 1 heterocycles.